The molecule has 0 amide bonds. The van der Waals surface area contributed by atoms with Gasteiger partial charge in [0.15, 0.2) is 0 Å². The molecule has 0 unspecified atom stereocenters. The Morgan fingerprint density at radius 1 is 1.32 bits per heavy atom. The number of aryl methyl sites for hydroxylation is 1. The molecule has 0 saturated carbocycles. The van der Waals surface area contributed by atoms with E-state index in [9.17, 15) is 4.79 Å². The molecule has 4 nitrogen and oxygen atoms in total. The highest BCUT2D eigenvalue weighted by Gasteiger charge is 2.19. The van der Waals surface area contributed by atoms with E-state index in [0.717, 1.165) is 26.2 Å². The Hall–Kier alpha value is -1.81. The van der Waals surface area contributed by atoms with Crippen LogP contribution in [0.2, 0.25) is 0 Å². The fourth-order valence-electron chi connectivity index (χ4n) is 2.33. The third kappa shape index (κ3) is 3.58. The molecule has 0 radical (unpaired) electrons. The molecule has 19 heavy (non-hydrogen) atoms. The zero-order valence-electron chi connectivity index (χ0n) is 11.3. The summed E-state index contributed by atoms with van der Waals surface area (Å²) in [5, 5.41) is 8.84. The van der Waals surface area contributed by atoms with Crippen LogP contribution in [0.3, 0.4) is 0 Å². The molecule has 0 atom stereocenters. The summed E-state index contributed by atoms with van der Waals surface area (Å²) < 4.78 is 0. The van der Waals surface area contributed by atoms with Crippen molar-refractivity contribution in [1.82, 2.24) is 4.90 Å². The molecule has 0 spiro atoms. The van der Waals surface area contributed by atoms with Crippen LogP contribution in [0, 0.1) is 6.92 Å². The van der Waals surface area contributed by atoms with Gasteiger partial charge in [-0.1, -0.05) is 18.7 Å². The maximum absolute atomic E-state index is 10.8. The number of aliphatic carboxylic acids is 1. The van der Waals surface area contributed by atoms with E-state index < -0.39 is 5.97 Å². The maximum Gasteiger partial charge on any atom is 0.332 e. The van der Waals surface area contributed by atoms with Crippen LogP contribution in [-0.2, 0) is 4.79 Å². The van der Waals surface area contributed by atoms with Crippen LogP contribution in [-0.4, -0.2) is 48.7 Å². The van der Waals surface area contributed by atoms with Crippen molar-refractivity contribution in [2.75, 3.05) is 37.6 Å². The standard InChI is InChI=1S/C15H20N2O2/c1-12-4-3-5-14(10-12)17-8-6-16(7-9-17)11-13(2)15(18)19/h3-5,10H,2,6-9,11H2,1H3,(H,18,19). The lowest BCUT2D eigenvalue weighted by Crippen LogP contribution is -2.47. The van der Waals surface area contributed by atoms with Crippen LogP contribution in [0.4, 0.5) is 5.69 Å². The van der Waals surface area contributed by atoms with Gasteiger partial charge in [0.1, 0.15) is 0 Å². The van der Waals surface area contributed by atoms with E-state index >= 15 is 0 Å². The molecule has 1 aliphatic rings. The van der Waals surface area contributed by atoms with Gasteiger partial charge in [-0.25, -0.2) is 4.79 Å². The third-order valence-electron chi connectivity index (χ3n) is 3.46. The largest absolute Gasteiger partial charge is 0.478 e. The topological polar surface area (TPSA) is 43.8 Å². The first-order valence-corrected chi connectivity index (χ1v) is 6.51. The molecule has 1 fully saturated rings. The summed E-state index contributed by atoms with van der Waals surface area (Å²) in [6.07, 6.45) is 0. The Labute approximate surface area is 113 Å². The Balaban J connectivity index is 1.89. The lowest BCUT2D eigenvalue weighted by Gasteiger charge is -2.36. The Morgan fingerprint density at radius 2 is 2.00 bits per heavy atom. The van der Waals surface area contributed by atoms with Gasteiger partial charge in [-0.2, -0.15) is 0 Å². The second-order valence-electron chi connectivity index (χ2n) is 5.01. The molecule has 0 aliphatic carbocycles. The van der Waals surface area contributed by atoms with Crippen molar-refractivity contribution in [3.05, 3.63) is 42.0 Å². The monoisotopic (exact) mass is 260 g/mol. The van der Waals surface area contributed by atoms with Crippen LogP contribution in [0.25, 0.3) is 0 Å². The van der Waals surface area contributed by atoms with Crippen LogP contribution in [0.15, 0.2) is 36.4 Å². The Kier molecular flexibility index (Phi) is 4.22. The minimum Gasteiger partial charge on any atom is -0.478 e. The smallest absolute Gasteiger partial charge is 0.332 e. The lowest BCUT2D eigenvalue weighted by molar-refractivity contribution is -0.132. The van der Waals surface area contributed by atoms with E-state index in [0.29, 0.717) is 6.54 Å². The van der Waals surface area contributed by atoms with Gasteiger partial charge < -0.3 is 10.0 Å². The molecule has 1 N–H and O–H groups in total. The van der Waals surface area contributed by atoms with Crippen molar-refractivity contribution in [1.29, 1.82) is 0 Å². The Morgan fingerprint density at radius 3 is 2.58 bits per heavy atom. The number of benzene rings is 1. The zero-order chi connectivity index (χ0) is 13.8. The number of rotatable bonds is 4. The van der Waals surface area contributed by atoms with Gasteiger partial charge >= 0.3 is 5.97 Å². The van der Waals surface area contributed by atoms with Crippen LogP contribution in [0.1, 0.15) is 5.56 Å². The second-order valence-corrected chi connectivity index (χ2v) is 5.01. The van der Waals surface area contributed by atoms with Crippen LogP contribution >= 0.6 is 0 Å². The summed E-state index contributed by atoms with van der Waals surface area (Å²) in [6, 6.07) is 8.48. The summed E-state index contributed by atoms with van der Waals surface area (Å²) in [7, 11) is 0. The third-order valence-corrected chi connectivity index (χ3v) is 3.46. The van der Waals surface area contributed by atoms with Crippen LogP contribution in [0.5, 0.6) is 0 Å². The number of carboxylic acid groups (broad SMARTS) is 1. The predicted molar refractivity (Wildman–Crippen MR) is 76.6 cm³/mol. The number of piperazine rings is 1. The van der Waals surface area contributed by atoms with Gasteiger partial charge in [-0.05, 0) is 24.6 Å². The fraction of sp³-hybridized carbons (Fsp3) is 0.400. The van der Waals surface area contributed by atoms with Gasteiger partial charge in [0.2, 0.25) is 0 Å². The minimum absolute atomic E-state index is 0.268. The maximum atomic E-state index is 10.8. The van der Waals surface area contributed by atoms with E-state index in [1.54, 1.807) is 0 Å². The summed E-state index contributed by atoms with van der Waals surface area (Å²) in [6.45, 7) is 9.74. The molecule has 0 aromatic heterocycles. The molecule has 1 aromatic rings. The first-order valence-electron chi connectivity index (χ1n) is 6.51. The highest BCUT2D eigenvalue weighted by Crippen LogP contribution is 2.18. The lowest BCUT2D eigenvalue weighted by atomic mass is 10.2. The van der Waals surface area contributed by atoms with Crippen molar-refractivity contribution >= 4 is 11.7 Å². The summed E-state index contributed by atoms with van der Waals surface area (Å²) in [5.41, 5.74) is 2.78. The number of carboxylic acids is 1. The highest BCUT2D eigenvalue weighted by atomic mass is 16.4. The van der Waals surface area contributed by atoms with Crippen LogP contribution < -0.4 is 4.90 Å². The fourth-order valence-corrected chi connectivity index (χ4v) is 2.33. The molecule has 1 aliphatic heterocycles. The minimum atomic E-state index is -0.902. The van der Waals surface area contributed by atoms with Gasteiger partial charge in [0.05, 0.1) is 0 Å². The summed E-state index contributed by atoms with van der Waals surface area (Å²) in [4.78, 5) is 15.2. The molecular formula is C15H20N2O2. The van der Waals surface area contributed by atoms with Gasteiger partial charge in [0, 0.05) is 44.0 Å². The van der Waals surface area contributed by atoms with Crippen molar-refractivity contribution in [3.63, 3.8) is 0 Å². The summed E-state index contributed by atoms with van der Waals surface area (Å²) in [5.74, 6) is -0.902. The molecular weight excluding hydrogens is 240 g/mol. The number of hydrogen-bond donors (Lipinski definition) is 1. The molecule has 4 heteroatoms. The Bertz CT molecular complexity index is 477. The molecule has 0 bridgehead atoms. The number of nitrogens with zero attached hydrogens (tertiary/aromatic N) is 2. The van der Waals surface area contributed by atoms with E-state index in [1.807, 2.05) is 0 Å². The van der Waals surface area contributed by atoms with E-state index in [4.69, 9.17) is 5.11 Å². The normalized spacial score (nSPS) is 16.4. The molecule has 2 rings (SSSR count). The quantitative estimate of drug-likeness (QED) is 0.838. The predicted octanol–water partition coefficient (Wildman–Crippen LogP) is 1.76. The number of hydrogen-bond acceptors (Lipinski definition) is 3. The van der Waals surface area contributed by atoms with Gasteiger partial charge in [0.25, 0.3) is 0 Å². The zero-order valence-corrected chi connectivity index (χ0v) is 11.3. The van der Waals surface area contributed by atoms with Crippen molar-refractivity contribution < 1.29 is 9.90 Å². The molecule has 1 saturated heterocycles. The summed E-state index contributed by atoms with van der Waals surface area (Å²) >= 11 is 0. The molecule has 1 aromatic carbocycles. The van der Waals surface area contributed by atoms with Gasteiger partial charge in [-0.3, -0.25) is 4.90 Å². The van der Waals surface area contributed by atoms with Crippen molar-refractivity contribution in [2.24, 2.45) is 0 Å². The average Bonchev–Trinajstić information content (AvgIpc) is 2.39. The molecule has 1 heterocycles. The first kappa shape index (κ1) is 13.6. The number of anilines is 1. The molecule has 102 valence electrons. The van der Waals surface area contributed by atoms with E-state index in [2.05, 4.69) is 47.6 Å². The van der Waals surface area contributed by atoms with Gasteiger partial charge in [-0.15, -0.1) is 0 Å². The van der Waals surface area contributed by atoms with E-state index in [1.165, 1.54) is 11.3 Å². The highest BCUT2D eigenvalue weighted by molar-refractivity contribution is 5.86. The first-order chi connectivity index (χ1) is 9.06. The number of carbonyl (C=O) groups is 1. The average molecular weight is 260 g/mol. The second kappa shape index (κ2) is 5.89. The van der Waals surface area contributed by atoms with Crippen molar-refractivity contribution in [3.8, 4) is 0 Å². The van der Waals surface area contributed by atoms with E-state index in [-0.39, 0.29) is 5.57 Å². The van der Waals surface area contributed by atoms with Crippen molar-refractivity contribution in [2.45, 2.75) is 6.92 Å². The SMILES string of the molecule is C=C(CN1CCN(c2cccc(C)c2)CC1)C(=O)O.